The van der Waals surface area contributed by atoms with Gasteiger partial charge in [0.2, 0.25) is 0 Å². The molecule has 0 radical (unpaired) electrons. The number of aromatic nitrogens is 1. The van der Waals surface area contributed by atoms with Crippen LogP contribution < -0.4 is 20.1 Å². The van der Waals surface area contributed by atoms with Crippen molar-refractivity contribution in [2.24, 2.45) is 0 Å². The molecule has 5 rings (SSSR count). The molecule has 2 amide bonds. The summed E-state index contributed by atoms with van der Waals surface area (Å²) in [5.41, 5.74) is -1.96. The molecule has 1 heterocycles. The summed E-state index contributed by atoms with van der Waals surface area (Å²) in [5, 5.41) is 5.77. The molecule has 12 heteroatoms. The van der Waals surface area contributed by atoms with Gasteiger partial charge in [0, 0.05) is 17.1 Å². The van der Waals surface area contributed by atoms with Crippen LogP contribution in [0.2, 0.25) is 5.02 Å². The third-order valence-electron chi connectivity index (χ3n) is 5.90. The summed E-state index contributed by atoms with van der Waals surface area (Å²) in [4.78, 5) is 27.8. The maximum atomic E-state index is 13.5. The first kappa shape index (κ1) is 24.1. The number of nitrogens with zero attached hydrogens (tertiary/aromatic N) is 1. The Balaban J connectivity index is 1.20. The van der Waals surface area contributed by atoms with Crippen molar-refractivity contribution >= 4 is 23.4 Å². The van der Waals surface area contributed by atoms with Gasteiger partial charge < -0.3 is 20.1 Å². The number of hydrogen-bond donors (Lipinski definition) is 2. The maximum absolute atomic E-state index is 13.5. The van der Waals surface area contributed by atoms with E-state index in [1.165, 1.54) is 12.1 Å². The van der Waals surface area contributed by atoms with Crippen molar-refractivity contribution in [2.45, 2.75) is 42.9 Å². The van der Waals surface area contributed by atoms with Crippen molar-refractivity contribution in [2.75, 3.05) is 13.2 Å². The van der Waals surface area contributed by atoms with Crippen LogP contribution >= 0.6 is 11.6 Å². The standard InChI is InChI=1S/C22H20ClF4N3O4/c23-15-3-1-13(7-16(15)24)33-9-18(31)29-20-5-6-21(11-20,12-20)30-19(32)10-34-14-2-4-17(28-8-14)22(25,26)27/h1-4,7-8H,5-6,9-12H2,(H,29,31)(H,30,32). The van der Waals surface area contributed by atoms with Crippen LogP contribution in [0.4, 0.5) is 17.6 Å². The number of benzene rings is 1. The molecular weight excluding hydrogens is 482 g/mol. The fraction of sp³-hybridized carbons (Fsp3) is 0.409. The third kappa shape index (κ3) is 5.35. The van der Waals surface area contributed by atoms with Gasteiger partial charge in [-0.2, -0.15) is 13.2 Å². The molecule has 3 aliphatic rings. The van der Waals surface area contributed by atoms with Crippen LogP contribution in [-0.4, -0.2) is 41.1 Å². The van der Waals surface area contributed by atoms with Gasteiger partial charge in [-0.1, -0.05) is 11.6 Å². The molecule has 0 aliphatic heterocycles. The van der Waals surface area contributed by atoms with Crippen molar-refractivity contribution in [1.82, 2.24) is 15.6 Å². The number of halogens is 5. The highest BCUT2D eigenvalue weighted by molar-refractivity contribution is 6.30. The minimum Gasteiger partial charge on any atom is -0.484 e. The average Bonchev–Trinajstić information content (AvgIpc) is 3.27. The predicted molar refractivity (Wildman–Crippen MR) is 112 cm³/mol. The summed E-state index contributed by atoms with van der Waals surface area (Å²) in [7, 11) is 0. The summed E-state index contributed by atoms with van der Waals surface area (Å²) in [6.07, 6.45) is -1.25. The maximum Gasteiger partial charge on any atom is 0.433 e. The lowest BCUT2D eigenvalue weighted by molar-refractivity contribution is -0.141. The SMILES string of the molecule is O=C(COc1ccc(C(F)(F)F)nc1)NC12CCC(NC(=O)COc3ccc(Cl)c(F)c3)(C1)C2. The Hall–Kier alpha value is -3.08. The molecule has 0 saturated heterocycles. The molecule has 182 valence electrons. The van der Waals surface area contributed by atoms with Crippen molar-refractivity contribution < 1.29 is 36.6 Å². The average molecular weight is 502 g/mol. The molecule has 1 aromatic heterocycles. The van der Waals surface area contributed by atoms with Crippen LogP contribution in [0.5, 0.6) is 11.5 Å². The van der Waals surface area contributed by atoms with Crippen LogP contribution in [0.25, 0.3) is 0 Å². The van der Waals surface area contributed by atoms with Crippen LogP contribution in [-0.2, 0) is 15.8 Å². The second-order valence-electron chi connectivity index (χ2n) is 8.54. The highest BCUT2D eigenvalue weighted by Gasteiger charge is 2.62. The Bertz CT molecular complexity index is 1090. The van der Waals surface area contributed by atoms with Crippen molar-refractivity contribution in [1.29, 1.82) is 0 Å². The molecule has 0 spiro atoms. The van der Waals surface area contributed by atoms with Crippen molar-refractivity contribution in [3.63, 3.8) is 0 Å². The first-order chi connectivity index (χ1) is 16.0. The van der Waals surface area contributed by atoms with E-state index in [1.54, 1.807) is 0 Å². The van der Waals surface area contributed by atoms with Gasteiger partial charge in [0.1, 0.15) is 23.0 Å². The van der Waals surface area contributed by atoms with E-state index in [0.717, 1.165) is 24.4 Å². The summed E-state index contributed by atoms with van der Waals surface area (Å²) in [6.45, 7) is -0.670. The molecule has 3 saturated carbocycles. The summed E-state index contributed by atoms with van der Waals surface area (Å²) < 4.78 is 61.6. The smallest absolute Gasteiger partial charge is 0.433 e. The zero-order valence-electron chi connectivity index (χ0n) is 17.7. The van der Waals surface area contributed by atoms with E-state index in [0.29, 0.717) is 25.7 Å². The van der Waals surface area contributed by atoms with Gasteiger partial charge in [-0.05, 0) is 49.9 Å². The number of fused-ring (bicyclic) bond motifs is 1. The molecular formula is C22H20ClF4N3O4. The fourth-order valence-electron chi connectivity index (χ4n) is 4.54. The Kier molecular flexibility index (Phi) is 6.32. The lowest BCUT2D eigenvalue weighted by Crippen LogP contribution is -2.65. The van der Waals surface area contributed by atoms with Crippen LogP contribution in [0.1, 0.15) is 31.4 Å². The minimum absolute atomic E-state index is 0.0443. The number of hydrogen-bond acceptors (Lipinski definition) is 5. The van der Waals surface area contributed by atoms with Gasteiger partial charge in [-0.3, -0.25) is 9.59 Å². The Morgan fingerprint density at radius 3 is 2.03 bits per heavy atom. The number of ether oxygens (including phenoxy) is 2. The highest BCUT2D eigenvalue weighted by atomic mass is 35.5. The quantitative estimate of drug-likeness (QED) is 0.539. The van der Waals surface area contributed by atoms with Crippen LogP contribution in [0, 0.1) is 5.82 Å². The van der Waals surface area contributed by atoms with Gasteiger partial charge in [0.15, 0.2) is 13.2 Å². The molecule has 3 aliphatic carbocycles. The summed E-state index contributed by atoms with van der Waals surface area (Å²) in [5.74, 6) is -1.21. The number of nitrogens with one attached hydrogen (secondary N) is 2. The van der Waals surface area contributed by atoms with E-state index in [1.807, 2.05) is 0 Å². The first-order valence-electron chi connectivity index (χ1n) is 10.3. The van der Waals surface area contributed by atoms with Gasteiger partial charge in [0.05, 0.1) is 11.2 Å². The normalized spacial score (nSPS) is 23.1. The molecule has 2 bridgehead atoms. The monoisotopic (exact) mass is 501 g/mol. The van der Waals surface area contributed by atoms with E-state index in [-0.39, 0.29) is 35.6 Å². The Labute approximate surface area is 196 Å². The zero-order chi connectivity index (χ0) is 24.6. The molecule has 0 atom stereocenters. The largest absolute Gasteiger partial charge is 0.484 e. The van der Waals surface area contributed by atoms with Crippen LogP contribution in [0.15, 0.2) is 36.5 Å². The zero-order valence-corrected chi connectivity index (χ0v) is 18.4. The summed E-state index contributed by atoms with van der Waals surface area (Å²) >= 11 is 5.61. The number of alkyl halides is 3. The minimum atomic E-state index is -4.55. The number of carbonyl (C=O) groups excluding carboxylic acids is 2. The van der Waals surface area contributed by atoms with E-state index in [2.05, 4.69) is 15.6 Å². The fourth-order valence-corrected chi connectivity index (χ4v) is 4.66. The lowest BCUT2D eigenvalue weighted by atomic mass is 9.71. The number of rotatable bonds is 8. The second kappa shape index (κ2) is 8.94. The van der Waals surface area contributed by atoms with Gasteiger partial charge in [-0.25, -0.2) is 9.37 Å². The molecule has 2 aromatic rings. The molecule has 3 fully saturated rings. The van der Waals surface area contributed by atoms with Crippen molar-refractivity contribution in [3.8, 4) is 11.5 Å². The first-order valence-corrected chi connectivity index (χ1v) is 10.7. The predicted octanol–water partition coefficient (Wildman–Crippen LogP) is 3.65. The highest BCUT2D eigenvalue weighted by Crippen LogP contribution is 2.55. The number of carbonyl (C=O) groups is 2. The molecule has 0 unspecified atom stereocenters. The summed E-state index contributed by atoms with van der Waals surface area (Å²) in [6, 6.07) is 5.76. The molecule has 1 aromatic carbocycles. The Morgan fingerprint density at radius 1 is 0.971 bits per heavy atom. The van der Waals surface area contributed by atoms with Crippen molar-refractivity contribution in [3.05, 3.63) is 53.1 Å². The number of amides is 2. The van der Waals surface area contributed by atoms with Gasteiger partial charge >= 0.3 is 6.18 Å². The molecule has 7 nitrogen and oxygen atoms in total. The Morgan fingerprint density at radius 2 is 1.53 bits per heavy atom. The van der Waals surface area contributed by atoms with E-state index >= 15 is 0 Å². The van der Waals surface area contributed by atoms with E-state index in [9.17, 15) is 27.2 Å². The van der Waals surface area contributed by atoms with Gasteiger partial charge in [-0.15, -0.1) is 0 Å². The lowest BCUT2D eigenvalue weighted by Gasteiger charge is -2.48. The van der Waals surface area contributed by atoms with E-state index in [4.69, 9.17) is 21.1 Å². The van der Waals surface area contributed by atoms with E-state index < -0.39 is 34.7 Å². The third-order valence-corrected chi connectivity index (χ3v) is 6.21. The van der Waals surface area contributed by atoms with Gasteiger partial charge in [0.25, 0.3) is 11.8 Å². The number of pyridine rings is 1. The molecule has 34 heavy (non-hydrogen) atoms. The second-order valence-corrected chi connectivity index (χ2v) is 8.95. The topological polar surface area (TPSA) is 89.5 Å². The molecule has 2 N–H and O–H groups in total. The van der Waals surface area contributed by atoms with Crippen LogP contribution in [0.3, 0.4) is 0 Å².